The number of hydrogen-bond acceptors (Lipinski definition) is 1. The Morgan fingerprint density at radius 2 is 0.800 bits per heavy atom. The largest absolute Gasteiger partial charge is 0.310 e. The van der Waals surface area contributed by atoms with Gasteiger partial charge < -0.3 is 4.90 Å². The Bertz CT molecular complexity index is 2870. The van der Waals surface area contributed by atoms with E-state index in [0.717, 1.165) is 17.1 Å². The lowest BCUT2D eigenvalue weighted by Gasteiger charge is -2.46. The van der Waals surface area contributed by atoms with Crippen LogP contribution in [0.2, 0.25) is 0 Å². The molecule has 0 radical (unpaired) electrons. The van der Waals surface area contributed by atoms with Gasteiger partial charge in [-0.2, -0.15) is 0 Å². The van der Waals surface area contributed by atoms with Crippen LogP contribution < -0.4 is 4.90 Å². The summed E-state index contributed by atoms with van der Waals surface area (Å²) in [6.07, 6.45) is 0. The first-order chi connectivity index (χ1) is 27.0. The van der Waals surface area contributed by atoms with E-state index in [0.29, 0.717) is 0 Å². The summed E-state index contributed by atoms with van der Waals surface area (Å²) >= 11 is 0. The highest BCUT2D eigenvalue weighted by Gasteiger charge is 2.53. The summed E-state index contributed by atoms with van der Waals surface area (Å²) in [6.45, 7) is 4.77. The van der Waals surface area contributed by atoms with Crippen LogP contribution in [0.25, 0.3) is 43.8 Å². The number of rotatable bonds is 4. The van der Waals surface area contributed by atoms with E-state index in [9.17, 15) is 0 Å². The van der Waals surface area contributed by atoms with Crippen molar-refractivity contribution in [3.63, 3.8) is 0 Å². The molecule has 0 heterocycles. The molecule has 260 valence electrons. The van der Waals surface area contributed by atoms with Gasteiger partial charge in [0.2, 0.25) is 0 Å². The van der Waals surface area contributed by atoms with E-state index in [1.165, 1.54) is 77.2 Å². The molecule has 2 aliphatic carbocycles. The Balaban J connectivity index is 1.06. The first-order valence-electron chi connectivity index (χ1n) is 19.3. The summed E-state index contributed by atoms with van der Waals surface area (Å²) in [5.41, 5.74) is 16.4. The third-order valence-corrected chi connectivity index (χ3v) is 12.5. The first-order valence-corrected chi connectivity index (χ1v) is 19.3. The molecule has 0 aromatic heterocycles. The van der Waals surface area contributed by atoms with Crippen molar-refractivity contribution in [2.75, 3.05) is 4.90 Å². The van der Waals surface area contributed by atoms with Crippen LogP contribution in [-0.2, 0) is 10.8 Å². The highest BCUT2D eigenvalue weighted by atomic mass is 15.1. The minimum absolute atomic E-state index is 0.114. The van der Waals surface area contributed by atoms with Crippen LogP contribution in [0.15, 0.2) is 200 Å². The second kappa shape index (κ2) is 11.9. The zero-order chi connectivity index (χ0) is 36.7. The summed E-state index contributed by atoms with van der Waals surface area (Å²) in [7, 11) is 0. The maximum atomic E-state index is 2.50. The molecule has 0 fully saturated rings. The molecule has 0 atom stereocenters. The van der Waals surface area contributed by atoms with Gasteiger partial charge in [0.1, 0.15) is 0 Å². The lowest BCUT2D eigenvalue weighted by Crippen LogP contribution is -2.40. The number of para-hydroxylation sites is 2. The molecule has 1 heteroatoms. The molecule has 9 aromatic carbocycles. The van der Waals surface area contributed by atoms with Crippen LogP contribution in [0.4, 0.5) is 17.1 Å². The van der Waals surface area contributed by atoms with E-state index in [2.05, 4.69) is 219 Å². The quantitative estimate of drug-likeness (QED) is 0.165. The second-order valence-corrected chi connectivity index (χ2v) is 15.7. The van der Waals surface area contributed by atoms with Crippen molar-refractivity contribution in [3.05, 3.63) is 234 Å². The van der Waals surface area contributed by atoms with E-state index >= 15 is 0 Å². The highest BCUT2D eigenvalue weighted by molar-refractivity contribution is 6.09. The van der Waals surface area contributed by atoms with Crippen LogP contribution in [0.5, 0.6) is 0 Å². The number of benzene rings is 9. The van der Waals surface area contributed by atoms with E-state index < -0.39 is 5.41 Å². The van der Waals surface area contributed by atoms with Crippen molar-refractivity contribution in [1.29, 1.82) is 0 Å². The summed E-state index contributed by atoms with van der Waals surface area (Å²) < 4.78 is 0. The van der Waals surface area contributed by atoms with Gasteiger partial charge >= 0.3 is 0 Å². The summed E-state index contributed by atoms with van der Waals surface area (Å²) in [5, 5.41) is 5.00. The van der Waals surface area contributed by atoms with Crippen LogP contribution in [0, 0.1) is 0 Å². The molecule has 0 bridgehead atoms. The normalized spacial score (nSPS) is 14.3. The van der Waals surface area contributed by atoms with Gasteiger partial charge in [0, 0.05) is 22.5 Å². The van der Waals surface area contributed by atoms with Crippen molar-refractivity contribution in [1.82, 2.24) is 0 Å². The van der Waals surface area contributed by atoms with Crippen LogP contribution in [0.3, 0.4) is 0 Å². The van der Waals surface area contributed by atoms with Gasteiger partial charge in [0.15, 0.2) is 0 Å². The molecular weight excluding hydrogens is 663 g/mol. The zero-order valence-electron chi connectivity index (χ0n) is 31.0. The third kappa shape index (κ3) is 4.53. The van der Waals surface area contributed by atoms with Crippen molar-refractivity contribution in [2.24, 2.45) is 0 Å². The third-order valence-electron chi connectivity index (χ3n) is 12.5. The Labute approximate surface area is 322 Å². The number of anilines is 3. The average molecular weight is 702 g/mol. The van der Waals surface area contributed by atoms with Crippen LogP contribution in [0.1, 0.15) is 47.2 Å². The predicted molar refractivity (Wildman–Crippen MR) is 231 cm³/mol. The van der Waals surface area contributed by atoms with Crippen molar-refractivity contribution in [3.8, 4) is 22.3 Å². The summed E-state index contributed by atoms with van der Waals surface area (Å²) in [6, 6.07) is 74.4. The summed E-state index contributed by atoms with van der Waals surface area (Å²) in [4.78, 5) is 2.33. The molecule has 0 saturated heterocycles. The Morgan fingerprint density at radius 1 is 0.327 bits per heavy atom. The minimum atomic E-state index is -0.400. The van der Waals surface area contributed by atoms with E-state index in [1.54, 1.807) is 0 Å². The molecule has 9 aromatic rings. The molecule has 11 rings (SSSR count). The molecule has 0 N–H and O–H groups in total. The molecule has 55 heavy (non-hydrogen) atoms. The zero-order valence-corrected chi connectivity index (χ0v) is 31.0. The average Bonchev–Trinajstić information content (AvgIpc) is 3.54. The monoisotopic (exact) mass is 701 g/mol. The van der Waals surface area contributed by atoms with Crippen molar-refractivity contribution >= 4 is 38.6 Å². The molecular formula is C54H39N. The molecule has 0 amide bonds. The van der Waals surface area contributed by atoms with Crippen LogP contribution >= 0.6 is 0 Å². The van der Waals surface area contributed by atoms with E-state index in [4.69, 9.17) is 0 Å². The Morgan fingerprint density at radius 3 is 1.44 bits per heavy atom. The fourth-order valence-electron chi connectivity index (χ4n) is 10.0. The molecule has 2 aliphatic rings. The number of fused-ring (bicyclic) bond motifs is 12. The van der Waals surface area contributed by atoms with Gasteiger partial charge in [0.05, 0.1) is 5.41 Å². The van der Waals surface area contributed by atoms with Crippen molar-refractivity contribution in [2.45, 2.75) is 24.7 Å². The van der Waals surface area contributed by atoms with Crippen molar-refractivity contribution < 1.29 is 0 Å². The van der Waals surface area contributed by atoms with Gasteiger partial charge in [-0.25, -0.2) is 0 Å². The fraction of sp³-hybridized carbons (Fsp3) is 0.0741. The minimum Gasteiger partial charge on any atom is -0.310 e. The van der Waals surface area contributed by atoms with Gasteiger partial charge in [-0.05, 0) is 126 Å². The SMILES string of the molecule is CC1(C)c2ccccc2C2(c3ccccc3-c3ccc(-c4ccc5c(ccc6cc(N(c7ccccc7)c7ccccc7)ccc65)c4)cc32)c2ccccc21. The van der Waals surface area contributed by atoms with Gasteiger partial charge in [-0.3, -0.25) is 0 Å². The molecule has 0 aliphatic heterocycles. The smallest absolute Gasteiger partial charge is 0.0719 e. The predicted octanol–water partition coefficient (Wildman–Crippen LogP) is 14.1. The second-order valence-electron chi connectivity index (χ2n) is 15.7. The number of nitrogens with zero attached hydrogens (tertiary/aromatic N) is 1. The fourth-order valence-corrected chi connectivity index (χ4v) is 10.0. The molecule has 1 spiro atoms. The van der Waals surface area contributed by atoms with Gasteiger partial charge in [0.25, 0.3) is 0 Å². The number of hydrogen-bond donors (Lipinski definition) is 0. The topological polar surface area (TPSA) is 3.24 Å². The lowest BCUT2D eigenvalue weighted by molar-refractivity contribution is 0.563. The van der Waals surface area contributed by atoms with E-state index in [-0.39, 0.29) is 5.41 Å². The molecule has 0 saturated carbocycles. The van der Waals surface area contributed by atoms with E-state index in [1.807, 2.05) is 0 Å². The lowest BCUT2D eigenvalue weighted by atomic mass is 9.55. The highest BCUT2D eigenvalue weighted by Crippen LogP contribution is 2.62. The maximum Gasteiger partial charge on any atom is 0.0719 e. The molecule has 1 nitrogen and oxygen atoms in total. The van der Waals surface area contributed by atoms with Gasteiger partial charge in [-0.15, -0.1) is 0 Å². The Hall–Kier alpha value is -6.70. The molecule has 0 unspecified atom stereocenters. The Kier molecular flexibility index (Phi) is 6.88. The first kappa shape index (κ1) is 31.8. The standard InChI is InChI=1S/C54H39N/c1-53(2)48-21-11-13-23-50(48)54(51-24-14-12-22-49(51)53)47-20-10-9-19-45(47)46-31-28-37(35-52(46)54)36-27-30-43-38(33-36)25-26-39-34-42(29-32-44(39)43)55(40-15-5-3-6-16-40)41-17-7-4-8-18-41/h3-35H,1-2H3. The summed E-state index contributed by atoms with van der Waals surface area (Å²) in [5.74, 6) is 0. The maximum absolute atomic E-state index is 2.50. The van der Waals surface area contributed by atoms with Gasteiger partial charge in [-0.1, -0.05) is 166 Å². The van der Waals surface area contributed by atoms with Crippen LogP contribution in [-0.4, -0.2) is 0 Å².